The van der Waals surface area contributed by atoms with Gasteiger partial charge in [0.05, 0.1) is 25.3 Å². The van der Waals surface area contributed by atoms with Crippen LogP contribution in [0.15, 0.2) is 41.2 Å². The monoisotopic (exact) mass is 424 g/mol. The Labute approximate surface area is 170 Å². The van der Waals surface area contributed by atoms with E-state index in [0.717, 1.165) is 5.56 Å². The first-order chi connectivity index (χ1) is 12.9. The first-order valence-corrected chi connectivity index (χ1v) is 9.07. The van der Waals surface area contributed by atoms with Crippen molar-refractivity contribution in [2.75, 3.05) is 18.9 Å². The number of aryl methyl sites for hydroxylation is 1. The zero-order valence-corrected chi connectivity index (χ0v) is 17.1. The predicted octanol–water partition coefficient (Wildman–Crippen LogP) is 2.17. The van der Waals surface area contributed by atoms with E-state index >= 15 is 0 Å². The summed E-state index contributed by atoms with van der Waals surface area (Å²) < 4.78 is 35.9. The zero-order valence-electron chi connectivity index (χ0n) is 15.4. The fraction of sp³-hybridized carbons (Fsp3) is 0.222. The molecule has 0 saturated carbocycles. The number of methoxy groups -OCH3 is 2. The lowest BCUT2D eigenvalue weighted by molar-refractivity contribution is 0.355. The van der Waals surface area contributed by atoms with Crippen LogP contribution in [0.3, 0.4) is 0 Å². The number of nitrogens with zero attached hydrogens (tertiary/aromatic N) is 2. The molecule has 1 N–H and O–H groups in total. The molecular formula is C18H19ClN3O5S-. The Balaban J connectivity index is 0.00000280. The van der Waals surface area contributed by atoms with E-state index in [0.29, 0.717) is 40.1 Å². The summed E-state index contributed by atoms with van der Waals surface area (Å²) in [4.78, 5) is 12.5. The van der Waals surface area contributed by atoms with Crippen molar-refractivity contribution in [3.63, 3.8) is 0 Å². The van der Waals surface area contributed by atoms with E-state index in [-0.39, 0.29) is 18.0 Å². The number of ether oxygens (including phenoxy) is 2. The minimum Gasteiger partial charge on any atom is -0.755 e. The van der Waals surface area contributed by atoms with Crippen molar-refractivity contribution in [3.8, 4) is 11.5 Å². The summed E-state index contributed by atoms with van der Waals surface area (Å²) in [6.45, 7) is 0. The van der Waals surface area contributed by atoms with E-state index in [9.17, 15) is 13.6 Å². The van der Waals surface area contributed by atoms with Crippen LogP contribution < -0.4 is 19.8 Å². The smallest absolute Gasteiger partial charge is 0.274 e. The standard InChI is InChI=1S/C18H19N3O5S.ClH/c1-21-18(22)14-10-17(26-3)16(25-2)9-13(14)15(19-21)8-11-5-4-6-12(7-11)20-27(23)24;/h4-7,9-10,20H,8H2,1-3H3,(H,23,24);1H/p-1. The quantitative estimate of drug-likeness (QED) is 0.608. The Bertz CT molecular complexity index is 1090. The Kier molecular flexibility index (Phi) is 7.00. The number of aromatic nitrogens is 2. The van der Waals surface area contributed by atoms with Crippen LogP contribution in [0.5, 0.6) is 11.5 Å². The molecule has 1 heterocycles. The summed E-state index contributed by atoms with van der Waals surface area (Å²) in [5.74, 6) is 0.960. The zero-order chi connectivity index (χ0) is 19.6. The molecule has 0 amide bonds. The number of rotatable bonds is 6. The summed E-state index contributed by atoms with van der Waals surface area (Å²) in [7, 11) is 4.62. The van der Waals surface area contributed by atoms with E-state index in [4.69, 9.17) is 9.47 Å². The molecule has 0 aliphatic heterocycles. The van der Waals surface area contributed by atoms with Crippen molar-refractivity contribution in [1.82, 2.24) is 9.78 Å². The van der Waals surface area contributed by atoms with Crippen LogP contribution in [0.4, 0.5) is 5.69 Å². The molecule has 1 aromatic heterocycles. The van der Waals surface area contributed by atoms with Gasteiger partial charge in [-0.25, -0.2) is 4.68 Å². The van der Waals surface area contributed by atoms with Crippen LogP contribution in [-0.2, 0) is 24.7 Å². The van der Waals surface area contributed by atoms with Gasteiger partial charge in [0, 0.05) is 35.8 Å². The lowest BCUT2D eigenvalue weighted by Gasteiger charge is -2.13. The maximum absolute atomic E-state index is 12.5. The second-order valence-electron chi connectivity index (χ2n) is 5.84. The second kappa shape index (κ2) is 9.05. The number of nitrogens with one attached hydrogen (secondary N) is 1. The summed E-state index contributed by atoms with van der Waals surface area (Å²) in [6.07, 6.45) is 0.404. The van der Waals surface area contributed by atoms with E-state index in [1.54, 1.807) is 37.4 Å². The highest BCUT2D eigenvalue weighted by Crippen LogP contribution is 2.32. The van der Waals surface area contributed by atoms with Gasteiger partial charge in [0.25, 0.3) is 5.56 Å². The molecule has 8 nitrogen and oxygen atoms in total. The van der Waals surface area contributed by atoms with Gasteiger partial charge in [-0.1, -0.05) is 12.1 Å². The fourth-order valence-electron chi connectivity index (χ4n) is 2.91. The van der Waals surface area contributed by atoms with Crippen molar-refractivity contribution in [2.45, 2.75) is 6.42 Å². The van der Waals surface area contributed by atoms with Crippen LogP contribution in [0.25, 0.3) is 10.8 Å². The third kappa shape index (κ3) is 4.44. The largest absolute Gasteiger partial charge is 0.755 e. The molecule has 150 valence electrons. The minimum absolute atomic E-state index is 0. The van der Waals surface area contributed by atoms with Crippen LogP contribution in [0, 0.1) is 0 Å². The summed E-state index contributed by atoms with van der Waals surface area (Å²) in [5.41, 5.74) is 1.71. The number of hydrogen-bond donors (Lipinski definition) is 1. The van der Waals surface area contributed by atoms with Crippen molar-refractivity contribution in [3.05, 3.63) is 58.0 Å². The fourth-order valence-corrected chi connectivity index (χ4v) is 3.23. The first kappa shape index (κ1) is 21.7. The highest BCUT2D eigenvalue weighted by Gasteiger charge is 2.15. The van der Waals surface area contributed by atoms with Crippen LogP contribution in [0.2, 0.25) is 0 Å². The average Bonchev–Trinajstić information content (AvgIpc) is 2.64. The molecule has 1 unspecified atom stereocenters. The van der Waals surface area contributed by atoms with Gasteiger partial charge in [0.15, 0.2) is 11.5 Å². The maximum atomic E-state index is 12.5. The van der Waals surface area contributed by atoms with Crippen molar-refractivity contribution in [2.24, 2.45) is 7.05 Å². The SMILES string of the molecule is COc1cc2c(Cc3cccc(NS(=O)[O-])c3)nn(C)c(=O)c2cc1OC.Cl. The predicted molar refractivity (Wildman–Crippen MR) is 109 cm³/mol. The molecule has 28 heavy (non-hydrogen) atoms. The van der Waals surface area contributed by atoms with Gasteiger partial charge in [-0.05, 0) is 29.8 Å². The molecule has 0 aliphatic carbocycles. The van der Waals surface area contributed by atoms with Gasteiger partial charge in [-0.15, -0.1) is 12.4 Å². The molecule has 0 bridgehead atoms. The van der Waals surface area contributed by atoms with E-state index in [2.05, 4.69) is 9.82 Å². The molecule has 3 rings (SSSR count). The van der Waals surface area contributed by atoms with Gasteiger partial charge >= 0.3 is 0 Å². The third-order valence-corrected chi connectivity index (χ3v) is 4.53. The molecule has 0 fully saturated rings. The normalized spacial score (nSPS) is 11.6. The summed E-state index contributed by atoms with van der Waals surface area (Å²) in [6, 6.07) is 10.3. The summed E-state index contributed by atoms with van der Waals surface area (Å²) >= 11 is -2.40. The van der Waals surface area contributed by atoms with Gasteiger partial charge in [-0.2, -0.15) is 5.10 Å². The van der Waals surface area contributed by atoms with Gasteiger partial charge in [0.2, 0.25) is 0 Å². The average molecular weight is 425 g/mol. The van der Waals surface area contributed by atoms with Crippen LogP contribution in [-0.4, -0.2) is 32.8 Å². The van der Waals surface area contributed by atoms with Crippen molar-refractivity contribution in [1.29, 1.82) is 0 Å². The highest BCUT2D eigenvalue weighted by atomic mass is 35.5. The van der Waals surface area contributed by atoms with Crippen molar-refractivity contribution < 1.29 is 18.2 Å². The van der Waals surface area contributed by atoms with Crippen molar-refractivity contribution >= 4 is 40.1 Å². The summed E-state index contributed by atoms with van der Waals surface area (Å²) in [5, 5.41) is 5.51. The van der Waals surface area contributed by atoms with E-state index in [1.165, 1.54) is 18.9 Å². The number of hydrogen-bond acceptors (Lipinski definition) is 6. The lowest BCUT2D eigenvalue weighted by atomic mass is 10.0. The molecule has 0 spiro atoms. The molecule has 0 aliphatic rings. The molecule has 0 radical (unpaired) electrons. The Morgan fingerprint density at radius 2 is 1.79 bits per heavy atom. The molecular weight excluding hydrogens is 406 g/mol. The molecule has 1 atom stereocenters. The molecule has 3 aromatic rings. The Morgan fingerprint density at radius 1 is 1.14 bits per heavy atom. The number of halogens is 1. The van der Waals surface area contributed by atoms with Crippen LogP contribution >= 0.6 is 12.4 Å². The molecule has 2 aromatic carbocycles. The van der Waals surface area contributed by atoms with E-state index < -0.39 is 11.3 Å². The minimum atomic E-state index is -2.40. The Morgan fingerprint density at radius 3 is 2.39 bits per heavy atom. The highest BCUT2D eigenvalue weighted by molar-refractivity contribution is 7.80. The number of benzene rings is 2. The first-order valence-electron chi connectivity index (χ1n) is 7.99. The number of fused-ring (bicyclic) bond motifs is 1. The van der Waals surface area contributed by atoms with Gasteiger partial charge in [-0.3, -0.25) is 9.00 Å². The third-order valence-electron chi connectivity index (χ3n) is 4.13. The second-order valence-corrected chi connectivity index (χ2v) is 6.52. The molecule has 10 heteroatoms. The van der Waals surface area contributed by atoms with E-state index in [1.807, 2.05) is 6.07 Å². The lowest BCUT2D eigenvalue weighted by Crippen LogP contribution is -2.21. The number of anilines is 1. The Hall–Kier alpha value is -2.62. The van der Waals surface area contributed by atoms with Gasteiger partial charge in [0.1, 0.15) is 0 Å². The van der Waals surface area contributed by atoms with Crippen LogP contribution in [0.1, 0.15) is 11.3 Å². The molecule has 0 saturated heterocycles. The van der Waals surface area contributed by atoms with Gasteiger partial charge < -0.3 is 18.7 Å². The topological polar surface area (TPSA) is 106 Å². The maximum Gasteiger partial charge on any atom is 0.274 e.